The van der Waals surface area contributed by atoms with E-state index in [9.17, 15) is 0 Å². The maximum Gasteiger partial charge on any atom is 0.131 e. The summed E-state index contributed by atoms with van der Waals surface area (Å²) in [5.74, 6) is 2.29. The highest BCUT2D eigenvalue weighted by Crippen LogP contribution is 2.32. The van der Waals surface area contributed by atoms with E-state index in [0.29, 0.717) is 11.3 Å². The molecule has 0 unspecified atom stereocenters. The quantitative estimate of drug-likeness (QED) is 0.875. The van der Waals surface area contributed by atoms with Crippen molar-refractivity contribution in [2.75, 3.05) is 23.7 Å². The summed E-state index contributed by atoms with van der Waals surface area (Å²) in [4.78, 5) is 6.97. The Bertz CT molecular complexity index is 404. The predicted octanol–water partition coefficient (Wildman–Crippen LogP) is 2.18. The SMILES string of the molecule is Cc1cc(CN)cnc1N1CCSC(C)(C)C1. The number of nitrogens with zero attached hydrogens (tertiary/aromatic N) is 2. The fraction of sp³-hybridized carbons (Fsp3) is 0.615. The van der Waals surface area contributed by atoms with Crippen molar-refractivity contribution >= 4 is 17.6 Å². The Morgan fingerprint density at radius 2 is 2.29 bits per heavy atom. The topological polar surface area (TPSA) is 42.1 Å². The van der Waals surface area contributed by atoms with Crippen LogP contribution >= 0.6 is 11.8 Å². The Labute approximate surface area is 108 Å². The molecule has 0 amide bonds. The molecule has 0 aromatic carbocycles. The zero-order valence-corrected chi connectivity index (χ0v) is 11.7. The summed E-state index contributed by atoms with van der Waals surface area (Å²) in [6.07, 6.45) is 1.90. The number of anilines is 1. The van der Waals surface area contributed by atoms with Gasteiger partial charge in [0.1, 0.15) is 5.82 Å². The molecule has 0 aliphatic carbocycles. The van der Waals surface area contributed by atoms with Gasteiger partial charge in [0.05, 0.1) is 0 Å². The van der Waals surface area contributed by atoms with Crippen molar-refractivity contribution in [1.29, 1.82) is 0 Å². The average Bonchev–Trinajstić information content (AvgIpc) is 2.27. The summed E-state index contributed by atoms with van der Waals surface area (Å²) in [5.41, 5.74) is 7.97. The number of hydrogen-bond acceptors (Lipinski definition) is 4. The minimum atomic E-state index is 0.318. The molecule has 1 fully saturated rings. The van der Waals surface area contributed by atoms with Crippen LogP contribution in [-0.4, -0.2) is 28.6 Å². The number of hydrogen-bond donors (Lipinski definition) is 1. The molecule has 0 bridgehead atoms. The highest BCUT2D eigenvalue weighted by atomic mass is 32.2. The van der Waals surface area contributed by atoms with E-state index in [2.05, 4.69) is 36.7 Å². The second-order valence-electron chi connectivity index (χ2n) is 5.22. The average molecular weight is 251 g/mol. The van der Waals surface area contributed by atoms with Crippen LogP contribution in [-0.2, 0) is 6.54 Å². The van der Waals surface area contributed by atoms with Crippen LogP contribution in [0.15, 0.2) is 12.3 Å². The third-order valence-corrected chi connectivity index (χ3v) is 4.37. The molecular weight excluding hydrogens is 230 g/mol. The van der Waals surface area contributed by atoms with Crippen LogP contribution in [0.1, 0.15) is 25.0 Å². The van der Waals surface area contributed by atoms with Crippen LogP contribution < -0.4 is 10.6 Å². The molecule has 4 heteroatoms. The van der Waals surface area contributed by atoms with Gasteiger partial charge in [0.2, 0.25) is 0 Å². The van der Waals surface area contributed by atoms with E-state index in [-0.39, 0.29) is 0 Å². The molecule has 1 saturated heterocycles. The first kappa shape index (κ1) is 12.7. The van der Waals surface area contributed by atoms with Gasteiger partial charge in [-0.25, -0.2) is 4.98 Å². The Morgan fingerprint density at radius 1 is 1.53 bits per heavy atom. The number of aromatic nitrogens is 1. The number of rotatable bonds is 2. The maximum absolute atomic E-state index is 5.63. The molecule has 1 aliphatic heterocycles. The van der Waals surface area contributed by atoms with E-state index in [1.54, 1.807) is 0 Å². The Hall–Kier alpha value is -0.740. The summed E-state index contributed by atoms with van der Waals surface area (Å²) in [6.45, 7) is 9.43. The summed E-state index contributed by atoms with van der Waals surface area (Å²) in [7, 11) is 0. The van der Waals surface area contributed by atoms with E-state index < -0.39 is 0 Å². The molecular formula is C13H21N3S. The van der Waals surface area contributed by atoms with E-state index in [4.69, 9.17) is 5.73 Å². The van der Waals surface area contributed by atoms with Crippen LogP contribution in [0.5, 0.6) is 0 Å². The summed E-state index contributed by atoms with van der Waals surface area (Å²) in [6, 6.07) is 2.15. The van der Waals surface area contributed by atoms with E-state index in [1.807, 2.05) is 18.0 Å². The third-order valence-electron chi connectivity index (χ3n) is 3.07. The van der Waals surface area contributed by atoms with Crippen molar-refractivity contribution in [3.05, 3.63) is 23.4 Å². The molecule has 0 spiro atoms. The van der Waals surface area contributed by atoms with Gasteiger partial charge >= 0.3 is 0 Å². The molecule has 2 N–H and O–H groups in total. The summed E-state index contributed by atoms with van der Waals surface area (Å²) < 4.78 is 0.318. The van der Waals surface area contributed by atoms with Crippen molar-refractivity contribution in [1.82, 2.24) is 4.98 Å². The highest BCUT2D eigenvalue weighted by molar-refractivity contribution is 8.00. The van der Waals surface area contributed by atoms with Crippen LogP contribution in [0.4, 0.5) is 5.82 Å². The highest BCUT2D eigenvalue weighted by Gasteiger charge is 2.28. The zero-order valence-electron chi connectivity index (χ0n) is 10.9. The minimum Gasteiger partial charge on any atom is -0.354 e. The molecule has 1 aromatic heterocycles. The summed E-state index contributed by atoms with van der Waals surface area (Å²) in [5, 5.41) is 0. The molecule has 2 heterocycles. The molecule has 0 atom stereocenters. The lowest BCUT2D eigenvalue weighted by Gasteiger charge is -2.38. The maximum atomic E-state index is 5.63. The minimum absolute atomic E-state index is 0.318. The number of aryl methyl sites for hydroxylation is 1. The van der Waals surface area contributed by atoms with Gasteiger partial charge in [-0.1, -0.05) is 0 Å². The second-order valence-corrected chi connectivity index (χ2v) is 7.02. The fourth-order valence-electron chi connectivity index (χ4n) is 2.27. The monoisotopic (exact) mass is 251 g/mol. The van der Waals surface area contributed by atoms with Crippen LogP contribution in [0.25, 0.3) is 0 Å². The van der Waals surface area contributed by atoms with E-state index >= 15 is 0 Å². The normalized spacial score (nSPS) is 19.4. The first-order chi connectivity index (χ1) is 8.02. The lowest BCUT2D eigenvalue weighted by Crippen LogP contribution is -2.43. The molecule has 0 saturated carbocycles. The molecule has 94 valence electrons. The first-order valence-corrected chi connectivity index (χ1v) is 7.05. The van der Waals surface area contributed by atoms with Gasteiger partial charge in [0.15, 0.2) is 0 Å². The van der Waals surface area contributed by atoms with Crippen molar-refractivity contribution in [3.63, 3.8) is 0 Å². The van der Waals surface area contributed by atoms with Crippen molar-refractivity contribution in [2.45, 2.75) is 32.1 Å². The van der Waals surface area contributed by atoms with Gasteiger partial charge in [-0.3, -0.25) is 0 Å². The molecule has 2 rings (SSSR count). The molecule has 3 nitrogen and oxygen atoms in total. The van der Waals surface area contributed by atoms with Crippen LogP contribution in [0, 0.1) is 6.92 Å². The van der Waals surface area contributed by atoms with Gasteiger partial charge < -0.3 is 10.6 Å². The van der Waals surface area contributed by atoms with Crippen molar-refractivity contribution in [2.24, 2.45) is 5.73 Å². The lowest BCUT2D eigenvalue weighted by molar-refractivity contribution is 0.641. The van der Waals surface area contributed by atoms with Gasteiger partial charge in [-0.05, 0) is 38.0 Å². The second kappa shape index (κ2) is 4.86. The van der Waals surface area contributed by atoms with Gasteiger partial charge in [0, 0.05) is 36.3 Å². The lowest BCUT2D eigenvalue weighted by atomic mass is 10.1. The standard InChI is InChI=1S/C13H21N3S/c1-10-6-11(7-14)8-15-12(10)16-4-5-17-13(2,3)9-16/h6,8H,4-5,7,9,14H2,1-3H3. The number of pyridine rings is 1. The zero-order chi connectivity index (χ0) is 12.5. The Morgan fingerprint density at radius 3 is 2.88 bits per heavy atom. The largest absolute Gasteiger partial charge is 0.354 e. The third kappa shape index (κ3) is 2.93. The van der Waals surface area contributed by atoms with Gasteiger partial charge in [0.25, 0.3) is 0 Å². The van der Waals surface area contributed by atoms with Crippen molar-refractivity contribution in [3.8, 4) is 0 Å². The number of thioether (sulfide) groups is 1. The first-order valence-electron chi connectivity index (χ1n) is 6.06. The van der Waals surface area contributed by atoms with Crippen molar-refractivity contribution < 1.29 is 0 Å². The Balaban J connectivity index is 2.22. The number of nitrogens with two attached hydrogens (primary N) is 1. The van der Waals surface area contributed by atoms with E-state index in [1.165, 1.54) is 11.3 Å². The van der Waals surface area contributed by atoms with Gasteiger partial charge in [-0.15, -0.1) is 0 Å². The van der Waals surface area contributed by atoms with E-state index in [0.717, 1.165) is 24.5 Å². The molecule has 1 aliphatic rings. The fourth-order valence-corrected chi connectivity index (χ4v) is 3.38. The molecule has 17 heavy (non-hydrogen) atoms. The molecule has 0 radical (unpaired) electrons. The Kier molecular flexibility index (Phi) is 3.64. The molecule has 1 aromatic rings. The van der Waals surface area contributed by atoms with Crippen LogP contribution in [0.3, 0.4) is 0 Å². The summed E-state index contributed by atoms with van der Waals surface area (Å²) >= 11 is 2.04. The van der Waals surface area contributed by atoms with Crippen LogP contribution in [0.2, 0.25) is 0 Å². The van der Waals surface area contributed by atoms with Gasteiger partial charge in [-0.2, -0.15) is 11.8 Å². The smallest absolute Gasteiger partial charge is 0.131 e. The predicted molar refractivity (Wildman–Crippen MR) is 75.6 cm³/mol.